The molecule has 2 atom stereocenters. The van der Waals surface area contributed by atoms with Crippen molar-refractivity contribution >= 4 is 0 Å². The van der Waals surface area contributed by atoms with Crippen LogP contribution < -0.4 is 0 Å². The molecular weight excluding hydrogens is 204 g/mol. The number of hydrogen-bond acceptors (Lipinski definition) is 3. The van der Waals surface area contributed by atoms with E-state index in [1.165, 1.54) is 0 Å². The van der Waals surface area contributed by atoms with Gasteiger partial charge in [-0.2, -0.15) is 0 Å². The molecule has 3 heteroatoms. The molecule has 2 unspecified atom stereocenters. The zero-order valence-corrected chi connectivity index (χ0v) is 9.56. The minimum atomic E-state index is -1.40. The summed E-state index contributed by atoms with van der Waals surface area (Å²) in [6.45, 7) is 2.33. The van der Waals surface area contributed by atoms with Gasteiger partial charge in [-0.1, -0.05) is 30.3 Å². The average molecular weight is 222 g/mol. The fourth-order valence-electron chi connectivity index (χ4n) is 1.92. The molecule has 0 spiro atoms. The molecule has 1 saturated heterocycles. The molecule has 1 N–H and O–H groups in total. The van der Waals surface area contributed by atoms with Gasteiger partial charge < -0.3 is 14.6 Å². The van der Waals surface area contributed by atoms with Crippen LogP contribution in [0.5, 0.6) is 0 Å². The molecule has 3 nitrogen and oxygen atoms in total. The van der Waals surface area contributed by atoms with Gasteiger partial charge in [-0.15, -0.1) is 0 Å². The second-order valence-electron chi connectivity index (χ2n) is 4.31. The second-order valence-corrected chi connectivity index (χ2v) is 4.31. The highest BCUT2D eigenvalue weighted by atomic mass is 16.8. The minimum Gasteiger partial charge on any atom is -0.343 e. The molecule has 0 amide bonds. The van der Waals surface area contributed by atoms with E-state index in [0.29, 0.717) is 13.0 Å². The van der Waals surface area contributed by atoms with Crippen LogP contribution in [0.3, 0.4) is 0 Å². The quantitative estimate of drug-likeness (QED) is 0.798. The fourth-order valence-corrected chi connectivity index (χ4v) is 1.92. The molecule has 0 radical (unpaired) electrons. The van der Waals surface area contributed by atoms with Crippen LogP contribution in [0, 0.1) is 0 Å². The number of ether oxygens (including phenoxy) is 2. The highest BCUT2D eigenvalue weighted by Crippen LogP contribution is 2.28. The summed E-state index contributed by atoms with van der Waals surface area (Å²) in [7, 11) is 0. The highest BCUT2D eigenvalue weighted by molar-refractivity contribution is 5.13. The average Bonchev–Trinajstić information content (AvgIpc) is 2.28. The van der Waals surface area contributed by atoms with Crippen LogP contribution in [-0.4, -0.2) is 17.2 Å². The molecule has 1 aromatic carbocycles. The van der Waals surface area contributed by atoms with Gasteiger partial charge in [-0.05, 0) is 25.3 Å². The van der Waals surface area contributed by atoms with Crippen molar-refractivity contribution in [2.45, 2.75) is 44.9 Å². The van der Waals surface area contributed by atoms with Crippen molar-refractivity contribution in [2.24, 2.45) is 0 Å². The van der Waals surface area contributed by atoms with Gasteiger partial charge >= 0.3 is 0 Å². The van der Waals surface area contributed by atoms with E-state index in [1.54, 1.807) is 0 Å². The van der Waals surface area contributed by atoms with E-state index in [1.807, 2.05) is 37.3 Å². The molecule has 1 aliphatic heterocycles. The number of benzene rings is 1. The Bertz CT molecular complexity index is 325. The summed E-state index contributed by atoms with van der Waals surface area (Å²) in [5, 5.41) is 10.1. The predicted molar refractivity (Wildman–Crippen MR) is 60.6 cm³/mol. The van der Waals surface area contributed by atoms with Crippen molar-refractivity contribution in [1.29, 1.82) is 0 Å². The molecule has 0 aromatic heterocycles. The third kappa shape index (κ3) is 3.04. The van der Waals surface area contributed by atoms with Crippen LogP contribution >= 0.6 is 0 Å². The fraction of sp³-hybridized carbons (Fsp3) is 0.538. The summed E-state index contributed by atoms with van der Waals surface area (Å²) >= 11 is 0. The summed E-state index contributed by atoms with van der Waals surface area (Å²) in [6, 6.07) is 9.79. The lowest BCUT2D eigenvalue weighted by Crippen LogP contribution is -2.41. The van der Waals surface area contributed by atoms with Crippen LogP contribution in [0.2, 0.25) is 0 Å². The summed E-state index contributed by atoms with van der Waals surface area (Å²) in [5.74, 6) is -1.40. The summed E-state index contributed by atoms with van der Waals surface area (Å²) in [4.78, 5) is 0. The zero-order chi connectivity index (χ0) is 11.4. The minimum absolute atomic E-state index is 0.0644. The Kier molecular flexibility index (Phi) is 3.59. The van der Waals surface area contributed by atoms with E-state index in [-0.39, 0.29) is 6.10 Å². The first kappa shape index (κ1) is 11.6. The Morgan fingerprint density at radius 2 is 2.19 bits per heavy atom. The normalized spacial score (nSPS) is 30.2. The lowest BCUT2D eigenvalue weighted by molar-refractivity contribution is -0.392. The first-order valence-electron chi connectivity index (χ1n) is 5.76. The van der Waals surface area contributed by atoms with Crippen molar-refractivity contribution in [3.63, 3.8) is 0 Å². The monoisotopic (exact) mass is 222 g/mol. The lowest BCUT2D eigenvalue weighted by atomic mass is 10.1. The molecule has 1 fully saturated rings. The largest absolute Gasteiger partial charge is 0.343 e. The lowest BCUT2D eigenvalue weighted by Gasteiger charge is -2.35. The van der Waals surface area contributed by atoms with E-state index in [9.17, 15) is 5.11 Å². The van der Waals surface area contributed by atoms with Gasteiger partial charge in [0.1, 0.15) is 0 Å². The maximum atomic E-state index is 10.1. The molecule has 1 heterocycles. The molecule has 16 heavy (non-hydrogen) atoms. The maximum absolute atomic E-state index is 10.1. The van der Waals surface area contributed by atoms with Gasteiger partial charge in [-0.3, -0.25) is 0 Å². The number of aliphatic hydroxyl groups is 1. The number of rotatable bonds is 3. The molecule has 1 aliphatic rings. The van der Waals surface area contributed by atoms with Crippen LogP contribution in [0.25, 0.3) is 0 Å². The molecule has 1 aromatic rings. The molecule has 0 bridgehead atoms. The number of hydrogen-bond donors (Lipinski definition) is 1. The Labute approximate surface area is 96.0 Å². The molecule has 88 valence electrons. The van der Waals surface area contributed by atoms with Crippen molar-refractivity contribution in [3.8, 4) is 0 Å². The van der Waals surface area contributed by atoms with Gasteiger partial charge in [0.05, 0.1) is 12.7 Å². The van der Waals surface area contributed by atoms with Crippen LogP contribution in [-0.2, 0) is 16.1 Å². The van der Waals surface area contributed by atoms with Gasteiger partial charge in [-0.25, -0.2) is 0 Å². The third-order valence-corrected chi connectivity index (χ3v) is 2.80. The third-order valence-electron chi connectivity index (χ3n) is 2.80. The van der Waals surface area contributed by atoms with Gasteiger partial charge in [0.15, 0.2) is 0 Å². The van der Waals surface area contributed by atoms with Gasteiger partial charge in [0, 0.05) is 6.42 Å². The Balaban J connectivity index is 1.89. The Morgan fingerprint density at radius 3 is 2.88 bits per heavy atom. The predicted octanol–water partition coefficient (Wildman–Crippen LogP) is 2.44. The van der Waals surface area contributed by atoms with Crippen molar-refractivity contribution in [3.05, 3.63) is 35.9 Å². The van der Waals surface area contributed by atoms with E-state index in [2.05, 4.69) is 0 Å². The van der Waals surface area contributed by atoms with Crippen LogP contribution in [0.1, 0.15) is 31.7 Å². The van der Waals surface area contributed by atoms with E-state index in [0.717, 1.165) is 18.4 Å². The smallest absolute Gasteiger partial charge is 0.280 e. The molecule has 0 aliphatic carbocycles. The van der Waals surface area contributed by atoms with Crippen molar-refractivity contribution in [2.75, 3.05) is 0 Å². The molecular formula is C13H18O3. The summed E-state index contributed by atoms with van der Waals surface area (Å²) < 4.78 is 10.9. The van der Waals surface area contributed by atoms with Crippen molar-refractivity contribution in [1.82, 2.24) is 0 Å². The summed E-state index contributed by atoms with van der Waals surface area (Å²) in [6.07, 6.45) is 2.53. The highest BCUT2D eigenvalue weighted by Gasteiger charge is 2.34. The zero-order valence-electron chi connectivity index (χ0n) is 9.56. The first-order valence-corrected chi connectivity index (χ1v) is 5.76. The van der Waals surface area contributed by atoms with Crippen LogP contribution in [0.15, 0.2) is 30.3 Å². The van der Waals surface area contributed by atoms with E-state index in [4.69, 9.17) is 9.47 Å². The molecule has 2 rings (SSSR count). The standard InChI is InChI=1S/C13H18O3/c1-11-6-5-9-13(14,16-11)15-10-12-7-3-2-4-8-12/h2-4,7-8,11,14H,5-6,9-10H2,1H3. The second kappa shape index (κ2) is 4.95. The Morgan fingerprint density at radius 1 is 1.44 bits per heavy atom. The van der Waals surface area contributed by atoms with Gasteiger partial charge in [0.25, 0.3) is 5.97 Å². The van der Waals surface area contributed by atoms with Crippen molar-refractivity contribution < 1.29 is 14.6 Å². The van der Waals surface area contributed by atoms with E-state index >= 15 is 0 Å². The summed E-state index contributed by atoms with van der Waals surface area (Å²) in [5.41, 5.74) is 1.04. The van der Waals surface area contributed by atoms with Crippen LogP contribution in [0.4, 0.5) is 0 Å². The SMILES string of the molecule is CC1CCCC(O)(OCc2ccccc2)O1. The topological polar surface area (TPSA) is 38.7 Å². The Hall–Kier alpha value is -0.900. The molecule has 0 saturated carbocycles. The first-order chi connectivity index (χ1) is 7.68. The maximum Gasteiger partial charge on any atom is 0.280 e. The van der Waals surface area contributed by atoms with Gasteiger partial charge in [0.2, 0.25) is 0 Å². The van der Waals surface area contributed by atoms with E-state index < -0.39 is 5.97 Å².